The van der Waals surface area contributed by atoms with Gasteiger partial charge in [-0.3, -0.25) is 4.79 Å². The minimum Gasteiger partial charge on any atom is -0.497 e. The molecule has 1 aromatic carbocycles. The first-order valence-corrected chi connectivity index (χ1v) is 5.45. The number of carbonyl (C=O) groups is 1. The van der Waals surface area contributed by atoms with E-state index in [0.29, 0.717) is 18.2 Å². The second-order valence-electron chi connectivity index (χ2n) is 3.88. The monoisotopic (exact) mass is 220 g/mol. The molecule has 1 unspecified atom stereocenters. The van der Waals surface area contributed by atoms with Crippen LogP contribution in [0.2, 0.25) is 0 Å². The van der Waals surface area contributed by atoms with E-state index in [0.717, 1.165) is 18.7 Å². The summed E-state index contributed by atoms with van der Waals surface area (Å²) < 4.78 is 5.03. The first-order valence-electron chi connectivity index (χ1n) is 5.45. The standard InChI is InChI=1S/C12H16N2O2/c1-16-11-4-2-9(3-5-11)12(15)14-8-10-6-7-13-10/h2-5,10,13H,6-8H2,1H3,(H,14,15). The number of methoxy groups -OCH3 is 1. The predicted molar refractivity (Wildman–Crippen MR) is 61.7 cm³/mol. The van der Waals surface area contributed by atoms with Gasteiger partial charge < -0.3 is 15.4 Å². The van der Waals surface area contributed by atoms with Crippen LogP contribution in [0.1, 0.15) is 16.8 Å². The molecule has 1 heterocycles. The number of benzene rings is 1. The van der Waals surface area contributed by atoms with E-state index in [9.17, 15) is 4.79 Å². The Balaban J connectivity index is 1.86. The van der Waals surface area contributed by atoms with Crippen LogP contribution in [0.4, 0.5) is 0 Å². The van der Waals surface area contributed by atoms with Gasteiger partial charge in [-0.05, 0) is 37.2 Å². The number of rotatable bonds is 4. The van der Waals surface area contributed by atoms with Gasteiger partial charge in [0.05, 0.1) is 7.11 Å². The van der Waals surface area contributed by atoms with Crippen molar-refractivity contribution in [3.05, 3.63) is 29.8 Å². The van der Waals surface area contributed by atoms with Crippen LogP contribution in [0.25, 0.3) is 0 Å². The van der Waals surface area contributed by atoms with Crippen LogP contribution in [-0.4, -0.2) is 32.1 Å². The van der Waals surface area contributed by atoms with Crippen molar-refractivity contribution in [2.75, 3.05) is 20.2 Å². The number of hydrogen-bond acceptors (Lipinski definition) is 3. The fourth-order valence-electron chi connectivity index (χ4n) is 1.58. The first-order chi connectivity index (χ1) is 7.79. The summed E-state index contributed by atoms with van der Waals surface area (Å²) in [6.07, 6.45) is 1.14. The summed E-state index contributed by atoms with van der Waals surface area (Å²) in [5.74, 6) is 0.730. The molecule has 1 aliphatic rings. The van der Waals surface area contributed by atoms with E-state index in [2.05, 4.69) is 10.6 Å². The smallest absolute Gasteiger partial charge is 0.251 e. The van der Waals surface area contributed by atoms with Gasteiger partial charge in [0, 0.05) is 18.2 Å². The highest BCUT2D eigenvalue weighted by molar-refractivity contribution is 5.94. The number of amides is 1. The molecule has 0 bridgehead atoms. The lowest BCUT2D eigenvalue weighted by molar-refractivity contribution is 0.0945. The fraction of sp³-hybridized carbons (Fsp3) is 0.417. The SMILES string of the molecule is COc1ccc(C(=O)NCC2CCN2)cc1. The predicted octanol–water partition coefficient (Wildman–Crippen LogP) is 0.787. The van der Waals surface area contributed by atoms with E-state index in [4.69, 9.17) is 4.74 Å². The Hall–Kier alpha value is -1.55. The van der Waals surface area contributed by atoms with E-state index in [-0.39, 0.29) is 5.91 Å². The van der Waals surface area contributed by atoms with Crippen molar-refractivity contribution in [3.8, 4) is 5.75 Å². The van der Waals surface area contributed by atoms with E-state index in [1.165, 1.54) is 0 Å². The van der Waals surface area contributed by atoms with Crippen molar-refractivity contribution in [2.45, 2.75) is 12.5 Å². The molecule has 1 amide bonds. The van der Waals surface area contributed by atoms with Gasteiger partial charge in [0.15, 0.2) is 0 Å². The van der Waals surface area contributed by atoms with Crippen LogP contribution in [0.5, 0.6) is 5.75 Å². The Bertz CT molecular complexity index is 358. The molecular formula is C12H16N2O2. The van der Waals surface area contributed by atoms with Crippen molar-refractivity contribution in [1.82, 2.24) is 10.6 Å². The van der Waals surface area contributed by atoms with Crippen molar-refractivity contribution in [1.29, 1.82) is 0 Å². The van der Waals surface area contributed by atoms with Crippen LogP contribution in [0.15, 0.2) is 24.3 Å². The summed E-state index contributed by atoms with van der Waals surface area (Å²) in [5, 5.41) is 6.13. The summed E-state index contributed by atoms with van der Waals surface area (Å²) in [6.45, 7) is 1.76. The van der Waals surface area contributed by atoms with Crippen LogP contribution in [0.3, 0.4) is 0 Å². The highest BCUT2D eigenvalue weighted by Gasteiger charge is 2.16. The third kappa shape index (κ3) is 2.52. The van der Waals surface area contributed by atoms with Crippen LogP contribution in [0, 0.1) is 0 Å². The van der Waals surface area contributed by atoms with Gasteiger partial charge in [-0.15, -0.1) is 0 Å². The fourth-order valence-corrected chi connectivity index (χ4v) is 1.58. The summed E-state index contributed by atoms with van der Waals surface area (Å²) in [7, 11) is 1.61. The second-order valence-corrected chi connectivity index (χ2v) is 3.88. The zero-order valence-electron chi connectivity index (χ0n) is 9.32. The number of ether oxygens (including phenoxy) is 1. The van der Waals surface area contributed by atoms with Crippen molar-refractivity contribution in [2.24, 2.45) is 0 Å². The summed E-state index contributed by atoms with van der Waals surface area (Å²) in [5.41, 5.74) is 0.667. The molecule has 1 saturated heterocycles. The Morgan fingerprint density at radius 1 is 1.50 bits per heavy atom. The average molecular weight is 220 g/mol. The molecule has 16 heavy (non-hydrogen) atoms. The highest BCUT2D eigenvalue weighted by atomic mass is 16.5. The molecule has 0 spiro atoms. The summed E-state index contributed by atoms with van der Waals surface area (Å²) in [6, 6.07) is 7.56. The van der Waals surface area contributed by atoms with Crippen LogP contribution in [-0.2, 0) is 0 Å². The Morgan fingerprint density at radius 3 is 2.69 bits per heavy atom. The lowest BCUT2D eigenvalue weighted by atomic mass is 10.1. The van der Waals surface area contributed by atoms with Gasteiger partial charge in [0.1, 0.15) is 5.75 Å². The Morgan fingerprint density at radius 2 is 2.19 bits per heavy atom. The Labute approximate surface area is 95.0 Å². The maximum Gasteiger partial charge on any atom is 0.251 e. The van der Waals surface area contributed by atoms with E-state index in [1.54, 1.807) is 31.4 Å². The molecule has 1 aliphatic heterocycles. The lowest BCUT2D eigenvalue weighted by Crippen LogP contribution is -2.50. The molecule has 2 N–H and O–H groups in total. The summed E-state index contributed by atoms with van der Waals surface area (Å²) >= 11 is 0. The zero-order chi connectivity index (χ0) is 11.4. The van der Waals surface area contributed by atoms with Crippen LogP contribution < -0.4 is 15.4 Å². The first kappa shape index (κ1) is 11.0. The highest BCUT2D eigenvalue weighted by Crippen LogP contribution is 2.11. The molecule has 4 nitrogen and oxygen atoms in total. The maximum atomic E-state index is 11.7. The lowest BCUT2D eigenvalue weighted by Gasteiger charge is -2.27. The van der Waals surface area contributed by atoms with Crippen molar-refractivity contribution in [3.63, 3.8) is 0 Å². The van der Waals surface area contributed by atoms with E-state index in [1.807, 2.05) is 0 Å². The van der Waals surface area contributed by atoms with Gasteiger partial charge >= 0.3 is 0 Å². The zero-order valence-corrected chi connectivity index (χ0v) is 9.32. The third-order valence-corrected chi connectivity index (χ3v) is 2.79. The van der Waals surface area contributed by atoms with Gasteiger partial charge in [0.25, 0.3) is 5.91 Å². The quantitative estimate of drug-likeness (QED) is 0.788. The van der Waals surface area contributed by atoms with Crippen molar-refractivity contribution < 1.29 is 9.53 Å². The second kappa shape index (κ2) is 4.99. The minimum absolute atomic E-state index is 0.0312. The third-order valence-electron chi connectivity index (χ3n) is 2.79. The molecule has 0 aliphatic carbocycles. The molecular weight excluding hydrogens is 204 g/mol. The van der Waals surface area contributed by atoms with Gasteiger partial charge in [-0.25, -0.2) is 0 Å². The molecule has 0 aromatic heterocycles. The van der Waals surface area contributed by atoms with E-state index >= 15 is 0 Å². The topological polar surface area (TPSA) is 50.4 Å². The molecule has 2 rings (SSSR count). The normalized spacial score (nSPS) is 18.7. The maximum absolute atomic E-state index is 11.7. The molecule has 0 radical (unpaired) electrons. The number of carbonyl (C=O) groups excluding carboxylic acids is 1. The average Bonchev–Trinajstić information content (AvgIpc) is 2.27. The molecule has 1 atom stereocenters. The number of nitrogens with one attached hydrogen (secondary N) is 2. The van der Waals surface area contributed by atoms with Crippen molar-refractivity contribution >= 4 is 5.91 Å². The molecule has 4 heteroatoms. The molecule has 1 aromatic rings. The minimum atomic E-state index is -0.0312. The molecule has 1 fully saturated rings. The molecule has 86 valence electrons. The van der Waals surface area contributed by atoms with Gasteiger partial charge in [-0.1, -0.05) is 0 Å². The van der Waals surface area contributed by atoms with Crippen LogP contribution >= 0.6 is 0 Å². The van der Waals surface area contributed by atoms with Gasteiger partial charge in [-0.2, -0.15) is 0 Å². The number of hydrogen-bond donors (Lipinski definition) is 2. The van der Waals surface area contributed by atoms with Gasteiger partial charge in [0.2, 0.25) is 0 Å². The Kier molecular flexibility index (Phi) is 3.41. The largest absolute Gasteiger partial charge is 0.497 e. The summed E-state index contributed by atoms with van der Waals surface area (Å²) in [4.78, 5) is 11.7. The van der Waals surface area contributed by atoms with E-state index < -0.39 is 0 Å². The molecule has 0 saturated carbocycles.